The van der Waals surface area contributed by atoms with Crippen LogP contribution >= 0.6 is 0 Å². The van der Waals surface area contributed by atoms with E-state index in [1.807, 2.05) is 34.6 Å². The third kappa shape index (κ3) is 4.56. The molecular formula is C17H25N3O3S2. The number of hydrogen-bond donors (Lipinski definition) is 1. The summed E-state index contributed by atoms with van der Waals surface area (Å²) in [6.07, 6.45) is 2.07. The van der Waals surface area contributed by atoms with Gasteiger partial charge in [0.25, 0.3) is 10.0 Å². The highest BCUT2D eigenvalue weighted by Crippen LogP contribution is 2.21. The number of hydrogen-bond acceptors (Lipinski definition) is 4. The van der Waals surface area contributed by atoms with Crippen LogP contribution in [0.15, 0.2) is 41.4 Å². The van der Waals surface area contributed by atoms with Gasteiger partial charge in [-0.2, -0.15) is 17.6 Å². The van der Waals surface area contributed by atoms with E-state index < -0.39 is 25.8 Å². The molecule has 25 heavy (non-hydrogen) atoms. The normalized spacial score (nSPS) is 15.1. The Hall–Kier alpha value is -1.51. The highest BCUT2D eigenvalue weighted by molar-refractivity contribution is 7.89. The lowest BCUT2D eigenvalue weighted by Gasteiger charge is -2.22. The Balaban J connectivity index is 2.28. The first-order chi connectivity index (χ1) is 11.6. The molecule has 1 unspecified atom stereocenters. The number of nitrogens with one attached hydrogen (secondary N) is 1. The Morgan fingerprint density at radius 1 is 1.20 bits per heavy atom. The van der Waals surface area contributed by atoms with Crippen molar-refractivity contribution in [2.45, 2.75) is 56.7 Å². The fourth-order valence-corrected chi connectivity index (χ4v) is 4.14. The first-order valence-electron chi connectivity index (χ1n) is 8.11. The van der Waals surface area contributed by atoms with E-state index in [4.69, 9.17) is 0 Å². The van der Waals surface area contributed by atoms with Crippen molar-refractivity contribution < 1.29 is 12.6 Å². The van der Waals surface area contributed by atoms with Gasteiger partial charge in [-0.05, 0) is 52.3 Å². The number of aryl methyl sites for hydroxylation is 1. The average Bonchev–Trinajstić information content (AvgIpc) is 3.02. The quantitative estimate of drug-likeness (QED) is 0.831. The first kappa shape index (κ1) is 19.8. The zero-order chi connectivity index (χ0) is 18.8. The molecular weight excluding hydrogens is 358 g/mol. The summed E-state index contributed by atoms with van der Waals surface area (Å²) < 4.78 is 41.2. The summed E-state index contributed by atoms with van der Waals surface area (Å²) in [6.45, 7) is 9.47. The zero-order valence-electron chi connectivity index (χ0n) is 15.2. The van der Waals surface area contributed by atoms with E-state index in [0.717, 1.165) is 9.65 Å². The third-order valence-electron chi connectivity index (χ3n) is 3.72. The lowest BCUT2D eigenvalue weighted by Crippen LogP contribution is -2.35. The molecule has 0 spiro atoms. The van der Waals surface area contributed by atoms with E-state index in [9.17, 15) is 12.6 Å². The van der Waals surface area contributed by atoms with Gasteiger partial charge < -0.3 is 0 Å². The number of rotatable bonds is 6. The molecule has 0 aliphatic heterocycles. The summed E-state index contributed by atoms with van der Waals surface area (Å²) in [5.74, 6) is 0. The minimum absolute atomic E-state index is 0.187. The van der Waals surface area contributed by atoms with Crippen LogP contribution in [0.5, 0.6) is 0 Å². The van der Waals surface area contributed by atoms with Gasteiger partial charge in [-0.1, -0.05) is 24.6 Å². The molecule has 0 bridgehead atoms. The first-order valence-corrected chi connectivity index (χ1v) is 10.7. The van der Waals surface area contributed by atoms with Crippen LogP contribution in [0, 0.1) is 6.92 Å². The maximum atomic E-state index is 12.7. The van der Waals surface area contributed by atoms with Gasteiger partial charge in [-0.15, -0.1) is 0 Å². The molecule has 1 heterocycles. The topological polar surface area (TPSA) is 81.1 Å². The summed E-state index contributed by atoms with van der Waals surface area (Å²) in [7, 11) is -5.00. The van der Waals surface area contributed by atoms with Crippen molar-refractivity contribution in [2.24, 2.45) is 0 Å². The Kier molecular flexibility index (Phi) is 5.86. The van der Waals surface area contributed by atoms with Gasteiger partial charge in [0.15, 0.2) is 0 Å². The van der Waals surface area contributed by atoms with E-state index in [2.05, 4.69) is 9.82 Å². The van der Waals surface area contributed by atoms with Crippen LogP contribution in [0.2, 0.25) is 0 Å². The maximum Gasteiger partial charge on any atom is 0.282 e. The molecule has 8 heteroatoms. The van der Waals surface area contributed by atoms with Crippen LogP contribution in [0.25, 0.3) is 0 Å². The summed E-state index contributed by atoms with van der Waals surface area (Å²) in [5.41, 5.74) is 1.54. The minimum atomic E-state index is -3.73. The van der Waals surface area contributed by atoms with Crippen LogP contribution in [0.1, 0.15) is 51.4 Å². The van der Waals surface area contributed by atoms with Crippen LogP contribution in [0.3, 0.4) is 0 Å². The van der Waals surface area contributed by atoms with Gasteiger partial charge in [0.1, 0.15) is 0 Å². The second-order valence-corrected chi connectivity index (χ2v) is 10.7. The summed E-state index contributed by atoms with van der Waals surface area (Å²) in [6, 6.07) is 7.99. The van der Waals surface area contributed by atoms with Crippen molar-refractivity contribution in [1.29, 1.82) is 0 Å². The van der Waals surface area contributed by atoms with Gasteiger partial charge in [-0.25, -0.2) is 8.93 Å². The average molecular weight is 384 g/mol. The fraction of sp³-hybridized carbons (Fsp3) is 0.471. The summed E-state index contributed by atoms with van der Waals surface area (Å²) in [5, 5.41) is 4.22. The molecule has 0 amide bonds. The van der Waals surface area contributed by atoms with Gasteiger partial charge in [0.2, 0.25) is 0 Å². The standard InChI is InChI=1S/C17H25N3O3S2/c1-6-15(19-24(21)17(3,4)5)16-11-12-20(18-16)25(22,23)14-9-7-13(2)8-10-14/h7-12,15,19H,6H2,1-5H3/t15?,24-/m0/s1. The van der Waals surface area contributed by atoms with E-state index in [-0.39, 0.29) is 10.9 Å². The summed E-state index contributed by atoms with van der Waals surface area (Å²) in [4.78, 5) is 0.187. The molecule has 0 radical (unpaired) electrons. The van der Waals surface area contributed by atoms with Crippen LogP contribution in [-0.4, -0.2) is 26.6 Å². The third-order valence-corrected chi connectivity index (χ3v) is 6.90. The Labute approximate surface area is 152 Å². The number of benzene rings is 1. The van der Waals surface area contributed by atoms with Crippen molar-refractivity contribution in [3.8, 4) is 0 Å². The largest absolute Gasteiger partial charge is 0.282 e. The highest BCUT2D eigenvalue weighted by atomic mass is 32.2. The lowest BCUT2D eigenvalue weighted by atomic mass is 10.2. The number of nitrogens with zero attached hydrogens (tertiary/aromatic N) is 2. The van der Waals surface area contributed by atoms with Gasteiger partial charge in [0, 0.05) is 6.20 Å². The van der Waals surface area contributed by atoms with E-state index in [0.29, 0.717) is 12.1 Å². The lowest BCUT2D eigenvalue weighted by molar-refractivity contribution is 0.565. The SMILES string of the molecule is CCC(N[S@@](=O)C(C)(C)C)c1ccn(S(=O)(=O)c2ccc(C)cc2)n1. The Morgan fingerprint density at radius 2 is 1.80 bits per heavy atom. The van der Waals surface area contributed by atoms with Gasteiger partial charge in [0.05, 0.1) is 32.4 Å². The molecule has 2 atom stereocenters. The van der Waals surface area contributed by atoms with Crippen LogP contribution in [0.4, 0.5) is 0 Å². The highest BCUT2D eigenvalue weighted by Gasteiger charge is 2.25. The minimum Gasteiger partial charge on any atom is -0.242 e. The van der Waals surface area contributed by atoms with Crippen molar-refractivity contribution in [3.05, 3.63) is 47.8 Å². The predicted molar refractivity (Wildman–Crippen MR) is 100 cm³/mol. The second kappa shape index (κ2) is 7.39. The van der Waals surface area contributed by atoms with E-state index >= 15 is 0 Å². The molecule has 0 saturated heterocycles. The molecule has 6 nitrogen and oxygen atoms in total. The molecule has 138 valence electrons. The monoisotopic (exact) mass is 383 g/mol. The molecule has 1 aromatic heterocycles. The molecule has 2 rings (SSSR count). The molecule has 0 aliphatic carbocycles. The summed E-state index contributed by atoms with van der Waals surface area (Å²) >= 11 is 0. The maximum absolute atomic E-state index is 12.7. The van der Waals surface area contributed by atoms with Gasteiger partial charge in [-0.3, -0.25) is 0 Å². The molecule has 0 aliphatic rings. The number of aromatic nitrogens is 2. The van der Waals surface area contributed by atoms with Crippen molar-refractivity contribution in [3.63, 3.8) is 0 Å². The smallest absolute Gasteiger partial charge is 0.242 e. The molecule has 0 fully saturated rings. The Bertz CT molecular complexity index is 850. The van der Waals surface area contributed by atoms with E-state index in [1.165, 1.54) is 6.20 Å². The van der Waals surface area contributed by atoms with Crippen LogP contribution < -0.4 is 4.72 Å². The fourth-order valence-electron chi connectivity index (χ4n) is 2.12. The van der Waals surface area contributed by atoms with Gasteiger partial charge >= 0.3 is 0 Å². The van der Waals surface area contributed by atoms with Crippen LogP contribution in [-0.2, 0) is 21.0 Å². The van der Waals surface area contributed by atoms with Crippen molar-refractivity contribution in [2.75, 3.05) is 0 Å². The van der Waals surface area contributed by atoms with E-state index in [1.54, 1.807) is 30.3 Å². The predicted octanol–water partition coefficient (Wildman–Crippen LogP) is 2.93. The second-order valence-electron chi connectivity index (χ2n) is 6.89. The molecule has 2 aromatic rings. The van der Waals surface area contributed by atoms with Crippen molar-refractivity contribution in [1.82, 2.24) is 13.9 Å². The zero-order valence-corrected chi connectivity index (χ0v) is 16.8. The molecule has 1 N–H and O–H groups in total. The molecule has 0 saturated carbocycles. The molecule has 1 aromatic carbocycles. The Morgan fingerprint density at radius 3 is 2.32 bits per heavy atom. The van der Waals surface area contributed by atoms with Crippen molar-refractivity contribution >= 4 is 21.0 Å².